The maximum absolute atomic E-state index is 12.3. The molecule has 0 aliphatic rings. The summed E-state index contributed by atoms with van der Waals surface area (Å²) in [7, 11) is 1.52. The Hall–Kier alpha value is -3.08. The fourth-order valence-corrected chi connectivity index (χ4v) is 3.84. The molecular formula is C25H20Br2N2O3. The van der Waals surface area contributed by atoms with Crippen LogP contribution in [-0.2, 0) is 4.79 Å². The van der Waals surface area contributed by atoms with Gasteiger partial charge in [-0.1, -0.05) is 40.2 Å². The van der Waals surface area contributed by atoms with Crippen molar-refractivity contribution >= 4 is 55.1 Å². The molecular weight excluding hydrogens is 536 g/mol. The highest BCUT2D eigenvalue weighted by Crippen LogP contribution is 2.37. The molecule has 0 saturated carbocycles. The van der Waals surface area contributed by atoms with Crippen molar-refractivity contribution in [3.8, 4) is 17.6 Å². The molecule has 0 spiro atoms. The number of nitrogens with one attached hydrogen (secondary N) is 1. The van der Waals surface area contributed by atoms with Crippen LogP contribution in [0.25, 0.3) is 11.6 Å². The molecule has 0 bridgehead atoms. The molecule has 0 heterocycles. The number of methoxy groups -OCH3 is 1. The molecule has 0 aliphatic heterocycles. The number of aryl methyl sites for hydroxylation is 1. The van der Waals surface area contributed by atoms with E-state index in [1.165, 1.54) is 7.11 Å². The number of anilines is 1. The van der Waals surface area contributed by atoms with Gasteiger partial charge < -0.3 is 14.8 Å². The van der Waals surface area contributed by atoms with Gasteiger partial charge in [0.25, 0.3) is 5.91 Å². The smallest absolute Gasteiger partial charge is 0.262 e. The largest absolute Gasteiger partial charge is 0.493 e. The number of rotatable bonds is 7. The van der Waals surface area contributed by atoms with Gasteiger partial charge in [0, 0.05) is 10.2 Å². The molecule has 3 aromatic rings. The van der Waals surface area contributed by atoms with Crippen LogP contribution in [0.15, 0.2) is 69.6 Å². The Morgan fingerprint density at radius 1 is 1.12 bits per heavy atom. The van der Waals surface area contributed by atoms with Gasteiger partial charge in [-0.05, 0) is 82.0 Å². The molecule has 5 nitrogen and oxygen atoms in total. The number of nitriles is 1. The zero-order chi connectivity index (χ0) is 23.1. The second-order valence-electron chi connectivity index (χ2n) is 6.92. The van der Waals surface area contributed by atoms with Gasteiger partial charge in [0.1, 0.15) is 0 Å². The van der Waals surface area contributed by atoms with Crippen molar-refractivity contribution < 1.29 is 14.3 Å². The second-order valence-corrected chi connectivity index (χ2v) is 8.69. The van der Waals surface area contributed by atoms with E-state index in [0.29, 0.717) is 27.2 Å². The number of amides is 1. The van der Waals surface area contributed by atoms with E-state index < -0.39 is 0 Å². The van der Waals surface area contributed by atoms with Crippen molar-refractivity contribution in [1.82, 2.24) is 0 Å². The van der Waals surface area contributed by atoms with Crippen molar-refractivity contribution in [2.45, 2.75) is 6.92 Å². The minimum Gasteiger partial charge on any atom is -0.493 e. The second kappa shape index (κ2) is 11.0. The number of ether oxygens (including phenoxy) is 2. The van der Waals surface area contributed by atoms with Crippen molar-refractivity contribution in [1.29, 1.82) is 5.26 Å². The van der Waals surface area contributed by atoms with E-state index in [0.717, 1.165) is 21.2 Å². The Bertz CT molecular complexity index is 1200. The minimum absolute atomic E-state index is 0.180. The number of hydrogen-bond acceptors (Lipinski definition) is 4. The average molecular weight is 556 g/mol. The number of carbonyl (C=O) groups excluding carboxylic acids is 1. The van der Waals surface area contributed by atoms with Crippen LogP contribution in [0.2, 0.25) is 0 Å². The molecule has 0 radical (unpaired) electrons. The number of carbonyl (C=O) groups is 1. The van der Waals surface area contributed by atoms with Crippen LogP contribution in [-0.4, -0.2) is 19.6 Å². The van der Waals surface area contributed by atoms with E-state index in [1.54, 1.807) is 12.1 Å². The highest BCUT2D eigenvalue weighted by Gasteiger charge is 2.14. The number of benzene rings is 3. The van der Waals surface area contributed by atoms with Gasteiger partial charge in [-0.2, -0.15) is 5.26 Å². The first-order valence-electron chi connectivity index (χ1n) is 9.64. The number of hydrogen-bond donors (Lipinski definition) is 1. The van der Waals surface area contributed by atoms with E-state index in [1.807, 2.05) is 61.5 Å². The number of nitrogens with zero attached hydrogens (tertiary/aromatic N) is 1. The molecule has 7 heteroatoms. The van der Waals surface area contributed by atoms with E-state index in [9.17, 15) is 10.1 Å². The molecule has 3 rings (SSSR count). The Kier molecular flexibility index (Phi) is 8.09. The molecule has 1 N–H and O–H groups in total. The third-order valence-electron chi connectivity index (χ3n) is 4.49. The fraction of sp³-hybridized carbons (Fsp3) is 0.120. The van der Waals surface area contributed by atoms with Crippen LogP contribution in [0, 0.1) is 18.3 Å². The summed E-state index contributed by atoms with van der Waals surface area (Å²) in [5.74, 6) is 0.573. The van der Waals surface area contributed by atoms with Crippen LogP contribution in [0.1, 0.15) is 16.7 Å². The maximum Gasteiger partial charge on any atom is 0.262 e. The first-order valence-corrected chi connectivity index (χ1v) is 11.2. The lowest BCUT2D eigenvalue weighted by Crippen LogP contribution is -2.20. The summed E-state index contributed by atoms with van der Waals surface area (Å²) in [5, 5.41) is 12.4. The van der Waals surface area contributed by atoms with Gasteiger partial charge in [0.15, 0.2) is 18.1 Å². The van der Waals surface area contributed by atoms with Gasteiger partial charge >= 0.3 is 0 Å². The Labute approximate surface area is 203 Å². The van der Waals surface area contributed by atoms with Gasteiger partial charge in [-0.15, -0.1) is 0 Å². The molecule has 0 aliphatic carbocycles. The summed E-state index contributed by atoms with van der Waals surface area (Å²) in [6.07, 6.45) is 1.77. The molecule has 0 saturated heterocycles. The summed E-state index contributed by atoms with van der Waals surface area (Å²) in [5.41, 5.74) is 3.83. The number of halogens is 2. The highest BCUT2D eigenvalue weighted by molar-refractivity contribution is 9.10. The molecule has 0 unspecified atom stereocenters. The van der Waals surface area contributed by atoms with Crippen LogP contribution in [0.4, 0.5) is 5.69 Å². The van der Waals surface area contributed by atoms with Gasteiger partial charge in [-0.3, -0.25) is 4.79 Å². The topological polar surface area (TPSA) is 71.3 Å². The van der Waals surface area contributed by atoms with Crippen LogP contribution in [0.3, 0.4) is 0 Å². The molecule has 3 aromatic carbocycles. The molecule has 0 fully saturated rings. The van der Waals surface area contributed by atoms with Gasteiger partial charge in [0.05, 0.1) is 23.2 Å². The maximum atomic E-state index is 12.3. The third kappa shape index (κ3) is 6.22. The summed E-state index contributed by atoms with van der Waals surface area (Å²) in [6, 6.07) is 20.8. The lowest BCUT2D eigenvalue weighted by molar-refractivity contribution is -0.118. The lowest BCUT2D eigenvalue weighted by Gasteiger charge is -2.14. The van der Waals surface area contributed by atoms with Gasteiger partial charge in [-0.25, -0.2) is 0 Å². The summed E-state index contributed by atoms with van der Waals surface area (Å²) >= 11 is 6.89. The molecule has 0 aromatic heterocycles. The molecule has 1 amide bonds. The normalized spacial score (nSPS) is 10.9. The Morgan fingerprint density at radius 3 is 2.53 bits per heavy atom. The quantitative estimate of drug-likeness (QED) is 0.263. The van der Waals surface area contributed by atoms with Crippen LogP contribution in [0.5, 0.6) is 11.5 Å². The Morgan fingerprint density at radius 2 is 1.88 bits per heavy atom. The molecule has 0 atom stereocenters. The van der Waals surface area contributed by atoms with Crippen molar-refractivity contribution in [3.05, 3.63) is 86.3 Å². The predicted octanol–water partition coefficient (Wildman–Crippen LogP) is 6.61. The van der Waals surface area contributed by atoms with E-state index in [2.05, 4.69) is 43.2 Å². The van der Waals surface area contributed by atoms with Crippen molar-refractivity contribution in [2.75, 3.05) is 19.0 Å². The summed E-state index contributed by atoms with van der Waals surface area (Å²) < 4.78 is 12.7. The molecule has 32 heavy (non-hydrogen) atoms. The summed E-state index contributed by atoms with van der Waals surface area (Å²) in [6.45, 7) is 1.78. The van der Waals surface area contributed by atoms with Crippen molar-refractivity contribution in [2.24, 2.45) is 0 Å². The molecule has 162 valence electrons. The third-order valence-corrected chi connectivity index (χ3v) is 5.61. The van der Waals surface area contributed by atoms with E-state index >= 15 is 0 Å². The lowest BCUT2D eigenvalue weighted by atomic mass is 10.0. The monoisotopic (exact) mass is 554 g/mol. The van der Waals surface area contributed by atoms with Crippen LogP contribution < -0.4 is 14.8 Å². The average Bonchev–Trinajstić information content (AvgIpc) is 2.77. The zero-order valence-electron chi connectivity index (χ0n) is 17.5. The Balaban J connectivity index is 1.78. The zero-order valence-corrected chi connectivity index (χ0v) is 20.7. The highest BCUT2D eigenvalue weighted by atomic mass is 79.9. The van der Waals surface area contributed by atoms with Crippen LogP contribution >= 0.6 is 31.9 Å². The minimum atomic E-state index is -0.282. The SMILES string of the molecule is COc1cc(/C=C(\C#N)c2ccc(Br)cc2)cc(Br)c1OCC(=O)Nc1cccc(C)c1. The fourth-order valence-electron chi connectivity index (χ4n) is 3.00. The summed E-state index contributed by atoms with van der Waals surface area (Å²) in [4.78, 5) is 12.3. The standard InChI is InChI=1S/C25H20Br2N2O3/c1-16-4-3-5-21(10-16)29-24(30)15-32-25-22(27)12-17(13-23(25)31-2)11-19(14-28)18-6-8-20(26)9-7-18/h3-13H,15H2,1-2H3,(H,29,30)/b19-11+. The number of allylic oxidation sites excluding steroid dienone is 1. The van der Waals surface area contributed by atoms with Crippen molar-refractivity contribution in [3.63, 3.8) is 0 Å². The van der Waals surface area contributed by atoms with E-state index in [4.69, 9.17) is 9.47 Å². The predicted molar refractivity (Wildman–Crippen MR) is 134 cm³/mol. The van der Waals surface area contributed by atoms with Gasteiger partial charge in [0.2, 0.25) is 0 Å². The first-order chi connectivity index (χ1) is 15.4. The van der Waals surface area contributed by atoms with E-state index in [-0.39, 0.29) is 12.5 Å². The first kappa shape index (κ1) is 23.6.